The van der Waals surface area contributed by atoms with E-state index in [-0.39, 0.29) is 62.5 Å². The molecule has 0 aliphatic carbocycles. The van der Waals surface area contributed by atoms with Crippen molar-refractivity contribution in [3.8, 4) is 5.88 Å². The Balaban J connectivity index is 0.00000336. The minimum absolute atomic E-state index is 0. The summed E-state index contributed by atoms with van der Waals surface area (Å²) >= 11 is 1.25. The van der Waals surface area contributed by atoms with Gasteiger partial charge in [0.25, 0.3) is 5.91 Å². The second kappa shape index (κ2) is 10.8. The number of aromatic hydroxyl groups is 1. The number of nitrogens with zero attached hydrogens (tertiary/aromatic N) is 5. The van der Waals surface area contributed by atoms with Crippen molar-refractivity contribution in [3.05, 3.63) is 54.1 Å². The Morgan fingerprint density at radius 2 is 1.89 bits per heavy atom. The number of aromatic nitrogens is 4. The normalized spacial score (nSPS) is 22.0. The number of hydrogen-bond acceptors (Lipinski definition) is 11. The number of benzene rings is 1. The first-order valence-corrected chi connectivity index (χ1v) is 12.0. The van der Waals surface area contributed by atoms with Gasteiger partial charge in [-0.15, -0.1) is 11.8 Å². The van der Waals surface area contributed by atoms with Gasteiger partial charge in [-0.1, -0.05) is 30.3 Å². The van der Waals surface area contributed by atoms with E-state index in [1.54, 1.807) is 44.2 Å². The molecule has 2 aliphatic rings. The summed E-state index contributed by atoms with van der Waals surface area (Å²) in [6.45, 7) is 3.38. The number of nitrogens with one attached hydrogen (secondary N) is 2. The third kappa shape index (κ3) is 5.01. The number of carbonyl (C=O) groups excluding carboxylic acids is 4. The van der Waals surface area contributed by atoms with Crippen molar-refractivity contribution < 1.29 is 80.8 Å². The van der Waals surface area contributed by atoms with E-state index in [0.717, 1.165) is 0 Å². The van der Waals surface area contributed by atoms with Gasteiger partial charge in [0.1, 0.15) is 29.3 Å². The summed E-state index contributed by atoms with van der Waals surface area (Å²) in [7, 11) is 0. The minimum Gasteiger partial charge on any atom is -0.548 e. The molecule has 0 bridgehead atoms. The molecule has 2 fully saturated rings. The van der Waals surface area contributed by atoms with Crippen LogP contribution in [-0.2, 0) is 14.4 Å². The molecule has 3 N–H and O–H groups in total. The van der Waals surface area contributed by atoms with E-state index in [0.29, 0.717) is 5.56 Å². The molecule has 4 atom stereocenters. The van der Waals surface area contributed by atoms with Gasteiger partial charge in [0.05, 0.1) is 18.2 Å². The first-order valence-electron chi connectivity index (χ1n) is 11.1. The third-order valence-corrected chi connectivity index (χ3v) is 7.75. The number of carboxylic acid groups (broad SMARTS) is 1. The summed E-state index contributed by atoms with van der Waals surface area (Å²) in [5.41, 5.74) is 0.211. The van der Waals surface area contributed by atoms with Gasteiger partial charge in [0, 0.05) is 4.75 Å². The zero-order valence-electron chi connectivity index (χ0n) is 20.5. The molecule has 5 rings (SSSR count). The smallest absolute Gasteiger partial charge is 0.548 e. The van der Waals surface area contributed by atoms with Crippen LogP contribution in [0.25, 0.3) is 11.2 Å². The molecular weight excluding hydrogens is 541 g/mol. The molecule has 190 valence electrons. The van der Waals surface area contributed by atoms with Crippen molar-refractivity contribution in [1.82, 2.24) is 35.5 Å². The molecular formula is C23H20KN7O6S. The number of rotatable bonds is 6. The van der Waals surface area contributed by atoms with Crippen molar-refractivity contribution in [3.63, 3.8) is 0 Å². The van der Waals surface area contributed by atoms with Crippen LogP contribution in [0.5, 0.6) is 5.88 Å². The second-order valence-electron chi connectivity index (χ2n) is 9.01. The van der Waals surface area contributed by atoms with E-state index >= 15 is 0 Å². The van der Waals surface area contributed by atoms with E-state index in [1.165, 1.54) is 29.2 Å². The number of carbonyl (C=O) groups is 4. The molecule has 2 saturated heterocycles. The van der Waals surface area contributed by atoms with Crippen molar-refractivity contribution in [2.75, 3.05) is 0 Å². The van der Waals surface area contributed by atoms with Gasteiger partial charge in [0.15, 0.2) is 11.3 Å². The van der Waals surface area contributed by atoms with Gasteiger partial charge in [-0.3, -0.25) is 14.4 Å². The predicted molar refractivity (Wildman–Crippen MR) is 126 cm³/mol. The zero-order valence-corrected chi connectivity index (χ0v) is 24.4. The van der Waals surface area contributed by atoms with Crippen molar-refractivity contribution >= 4 is 46.6 Å². The van der Waals surface area contributed by atoms with Gasteiger partial charge in [-0.2, -0.15) is 4.98 Å². The van der Waals surface area contributed by atoms with Gasteiger partial charge in [0.2, 0.25) is 17.7 Å². The summed E-state index contributed by atoms with van der Waals surface area (Å²) < 4.78 is -0.818. The Labute approximate surface area is 262 Å². The topological polar surface area (TPSA) is 190 Å². The number of β-lactam (4-membered cyclic amide) rings is 1. The van der Waals surface area contributed by atoms with Crippen LogP contribution in [0.15, 0.2) is 42.9 Å². The van der Waals surface area contributed by atoms with E-state index in [1.807, 2.05) is 0 Å². The van der Waals surface area contributed by atoms with Gasteiger partial charge in [-0.25, -0.2) is 15.0 Å². The number of carboxylic acids is 1. The Hall–Kier alpha value is -2.69. The Bertz CT molecular complexity index is 1440. The van der Waals surface area contributed by atoms with Crippen molar-refractivity contribution in [1.29, 1.82) is 0 Å². The third-order valence-electron chi connectivity index (χ3n) is 6.18. The van der Waals surface area contributed by atoms with Crippen LogP contribution in [0.2, 0.25) is 0 Å². The number of aliphatic carboxylic acids is 1. The molecule has 15 heteroatoms. The Morgan fingerprint density at radius 1 is 1.18 bits per heavy atom. The van der Waals surface area contributed by atoms with Crippen LogP contribution in [0.4, 0.5) is 0 Å². The maximum absolute atomic E-state index is 13.4. The number of hydrogen-bond donors (Lipinski definition) is 3. The molecule has 1 unspecified atom stereocenters. The average molecular weight is 562 g/mol. The van der Waals surface area contributed by atoms with Gasteiger partial charge >= 0.3 is 51.4 Å². The van der Waals surface area contributed by atoms with Crippen LogP contribution >= 0.6 is 11.8 Å². The average Bonchev–Trinajstić information content (AvgIpc) is 3.13. The second-order valence-corrected chi connectivity index (χ2v) is 10.8. The number of fused-ring (bicyclic) bond motifs is 2. The Morgan fingerprint density at radius 3 is 2.58 bits per heavy atom. The first kappa shape index (κ1) is 28.3. The van der Waals surface area contributed by atoms with E-state index in [9.17, 15) is 29.4 Å². The molecule has 0 saturated carbocycles. The standard InChI is InChI=1S/C23H21N7O6S.K/c1-23(2)15(22(35)36)30-20(34)14(21(30)37-23)28-17(31)12(10-6-4-3-5-7-10)27-18(32)13-19(33)29-16-11(26-13)8-24-9-25-16;/h3-9,12,14-15,21H,1-2H3,(H,27,32)(H,28,31)(H,35,36)(H,24,25,29,33);/q;+1/p-1/t12?,14-,15+,21-;/m1./s1. The summed E-state index contributed by atoms with van der Waals surface area (Å²) in [4.78, 5) is 67.7. The number of amides is 3. The fraction of sp³-hybridized carbons (Fsp3) is 0.304. The summed E-state index contributed by atoms with van der Waals surface area (Å²) in [5.74, 6) is -4.20. The van der Waals surface area contributed by atoms with Crippen LogP contribution in [0, 0.1) is 0 Å². The maximum atomic E-state index is 13.4. The molecule has 0 radical (unpaired) electrons. The van der Waals surface area contributed by atoms with Crippen LogP contribution in [0.1, 0.15) is 35.9 Å². The summed E-state index contributed by atoms with van der Waals surface area (Å²) in [5, 5.41) is 26.5. The Kier molecular flexibility index (Phi) is 8.06. The summed E-state index contributed by atoms with van der Waals surface area (Å²) in [6.07, 6.45) is 2.54. The fourth-order valence-corrected chi connectivity index (χ4v) is 6.09. The molecule has 3 aromatic rings. The van der Waals surface area contributed by atoms with Crippen LogP contribution < -0.4 is 67.1 Å². The molecule has 38 heavy (non-hydrogen) atoms. The maximum Gasteiger partial charge on any atom is 1.00 e. The molecule has 2 aromatic heterocycles. The fourth-order valence-electron chi connectivity index (χ4n) is 4.47. The molecule has 2 aliphatic heterocycles. The number of thioether (sulfide) groups is 1. The van der Waals surface area contributed by atoms with Crippen molar-refractivity contribution in [2.45, 2.75) is 42.1 Å². The molecule has 1 aromatic carbocycles. The molecule has 3 amide bonds. The largest absolute Gasteiger partial charge is 1.00 e. The van der Waals surface area contributed by atoms with E-state index in [2.05, 4.69) is 30.6 Å². The van der Waals surface area contributed by atoms with Gasteiger partial charge < -0.3 is 30.5 Å². The predicted octanol–water partition coefficient (Wildman–Crippen LogP) is -4.10. The van der Waals surface area contributed by atoms with Gasteiger partial charge in [-0.05, 0) is 19.4 Å². The zero-order chi connectivity index (χ0) is 26.5. The van der Waals surface area contributed by atoms with Crippen LogP contribution in [-0.4, -0.2) is 75.8 Å². The van der Waals surface area contributed by atoms with E-state index < -0.39 is 63.5 Å². The summed E-state index contributed by atoms with van der Waals surface area (Å²) in [6, 6.07) is 4.89. The minimum atomic E-state index is -1.37. The van der Waals surface area contributed by atoms with Crippen molar-refractivity contribution in [2.24, 2.45) is 0 Å². The first-order chi connectivity index (χ1) is 17.6. The molecule has 0 spiro atoms. The molecule has 13 nitrogen and oxygen atoms in total. The monoisotopic (exact) mass is 561 g/mol. The van der Waals surface area contributed by atoms with E-state index in [4.69, 9.17) is 0 Å². The molecule has 4 heterocycles. The van der Waals surface area contributed by atoms with Crippen LogP contribution in [0.3, 0.4) is 0 Å². The quantitative estimate of drug-likeness (QED) is 0.196. The SMILES string of the molecule is CC1(C)S[C@@H]2[C@H](NC(=O)C(NC(=O)c3nc4cncnc4nc3O)c3ccccc3)C(=O)N2[C@H]1C(=O)[O-].[K+].